The number of rotatable bonds is 9. The molecular formula is C15H30N2S. The lowest BCUT2D eigenvalue weighted by Gasteiger charge is -2.26. The Morgan fingerprint density at radius 3 is 2.22 bits per heavy atom. The Labute approximate surface area is 118 Å². The minimum absolute atomic E-state index is 0.359. The van der Waals surface area contributed by atoms with Crippen LogP contribution in [0.1, 0.15) is 60.8 Å². The van der Waals surface area contributed by atoms with Crippen molar-refractivity contribution in [3.8, 4) is 6.07 Å². The molecule has 0 heterocycles. The molecule has 0 saturated carbocycles. The van der Waals surface area contributed by atoms with E-state index in [1.54, 1.807) is 0 Å². The first-order chi connectivity index (χ1) is 8.30. The maximum Gasteiger partial charge on any atom is 0.104 e. The van der Waals surface area contributed by atoms with Crippen LogP contribution in [0.3, 0.4) is 0 Å². The molecular weight excluding hydrogens is 240 g/mol. The van der Waals surface area contributed by atoms with Gasteiger partial charge in [-0.1, -0.05) is 20.8 Å². The summed E-state index contributed by atoms with van der Waals surface area (Å²) in [5.41, 5.74) is -0.359. The Bertz CT molecular complexity index is 258. The molecule has 0 spiro atoms. The van der Waals surface area contributed by atoms with Crippen LogP contribution in [0, 0.1) is 17.2 Å². The van der Waals surface area contributed by atoms with Crippen molar-refractivity contribution in [2.24, 2.45) is 5.92 Å². The Balaban J connectivity index is 3.79. The van der Waals surface area contributed by atoms with E-state index in [2.05, 4.69) is 57.8 Å². The number of thioether (sulfide) groups is 1. The van der Waals surface area contributed by atoms with Crippen molar-refractivity contribution < 1.29 is 0 Å². The molecule has 0 aliphatic heterocycles. The zero-order valence-electron chi connectivity index (χ0n) is 12.9. The number of nitrogens with one attached hydrogen (secondary N) is 1. The molecule has 1 N–H and O–H groups in total. The van der Waals surface area contributed by atoms with E-state index in [1.165, 1.54) is 12.2 Å². The summed E-state index contributed by atoms with van der Waals surface area (Å²) in [7, 11) is 0. The van der Waals surface area contributed by atoms with Crippen LogP contribution in [0.15, 0.2) is 0 Å². The highest BCUT2D eigenvalue weighted by atomic mass is 32.2. The highest BCUT2D eigenvalue weighted by Crippen LogP contribution is 2.21. The average molecular weight is 270 g/mol. The second-order valence-electron chi connectivity index (χ2n) is 6.02. The average Bonchev–Trinajstić information content (AvgIpc) is 2.27. The minimum Gasteiger partial charge on any atom is -0.297 e. The molecule has 3 heteroatoms. The molecule has 2 atom stereocenters. The van der Waals surface area contributed by atoms with Crippen LogP contribution in [-0.4, -0.2) is 22.6 Å². The van der Waals surface area contributed by atoms with Gasteiger partial charge in [-0.15, -0.1) is 0 Å². The van der Waals surface area contributed by atoms with Gasteiger partial charge >= 0.3 is 0 Å². The Hall–Kier alpha value is -0.200. The Morgan fingerprint density at radius 1 is 1.17 bits per heavy atom. The molecule has 0 bridgehead atoms. The highest BCUT2D eigenvalue weighted by molar-refractivity contribution is 7.99. The van der Waals surface area contributed by atoms with Gasteiger partial charge in [0.25, 0.3) is 0 Å². The molecule has 106 valence electrons. The van der Waals surface area contributed by atoms with Crippen molar-refractivity contribution in [1.82, 2.24) is 5.32 Å². The van der Waals surface area contributed by atoms with Crippen molar-refractivity contribution >= 4 is 11.8 Å². The largest absolute Gasteiger partial charge is 0.297 e. The molecule has 0 aromatic rings. The topological polar surface area (TPSA) is 35.8 Å². The van der Waals surface area contributed by atoms with E-state index >= 15 is 0 Å². The Morgan fingerprint density at radius 2 is 1.78 bits per heavy atom. The van der Waals surface area contributed by atoms with Gasteiger partial charge in [-0.05, 0) is 51.7 Å². The lowest BCUT2D eigenvalue weighted by atomic mass is 9.96. The summed E-state index contributed by atoms with van der Waals surface area (Å²) >= 11 is 2.05. The van der Waals surface area contributed by atoms with Crippen LogP contribution in [0.4, 0.5) is 0 Å². The van der Waals surface area contributed by atoms with E-state index in [9.17, 15) is 5.26 Å². The SMILES string of the molecule is CC(C)NC(C)(C#N)CCCCSC(C)C(C)C. The summed E-state index contributed by atoms with van der Waals surface area (Å²) in [6.07, 6.45) is 3.28. The maximum absolute atomic E-state index is 9.23. The molecule has 0 aromatic heterocycles. The van der Waals surface area contributed by atoms with E-state index in [4.69, 9.17) is 0 Å². The number of nitriles is 1. The van der Waals surface area contributed by atoms with Crippen molar-refractivity contribution in [1.29, 1.82) is 5.26 Å². The van der Waals surface area contributed by atoms with E-state index in [1.807, 2.05) is 6.92 Å². The van der Waals surface area contributed by atoms with Crippen molar-refractivity contribution in [2.75, 3.05) is 5.75 Å². The molecule has 0 rings (SSSR count). The highest BCUT2D eigenvalue weighted by Gasteiger charge is 2.23. The standard InChI is InChI=1S/C15H30N2S/c1-12(2)14(5)18-10-8-7-9-15(6,11-16)17-13(3)4/h12-14,17H,7-10H2,1-6H3. The summed E-state index contributed by atoms with van der Waals surface area (Å²) < 4.78 is 0. The number of nitrogens with zero attached hydrogens (tertiary/aromatic N) is 1. The van der Waals surface area contributed by atoms with E-state index < -0.39 is 0 Å². The van der Waals surface area contributed by atoms with Gasteiger partial charge in [0.15, 0.2) is 0 Å². The fourth-order valence-corrected chi connectivity index (χ4v) is 2.97. The molecule has 0 saturated heterocycles. The predicted octanol–water partition coefficient (Wildman–Crippen LogP) is 4.21. The normalized spacial score (nSPS) is 16.6. The van der Waals surface area contributed by atoms with Crippen LogP contribution >= 0.6 is 11.8 Å². The zero-order valence-corrected chi connectivity index (χ0v) is 13.7. The third kappa shape index (κ3) is 8.00. The minimum atomic E-state index is -0.359. The third-order valence-corrected chi connectivity index (χ3v) is 4.84. The van der Waals surface area contributed by atoms with E-state index in [-0.39, 0.29) is 5.54 Å². The van der Waals surface area contributed by atoms with Crippen LogP contribution in [0.5, 0.6) is 0 Å². The van der Waals surface area contributed by atoms with Crippen LogP contribution < -0.4 is 5.32 Å². The summed E-state index contributed by atoms with van der Waals surface area (Å²) in [4.78, 5) is 0. The second-order valence-corrected chi connectivity index (χ2v) is 7.51. The van der Waals surface area contributed by atoms with Gasteiger partial charge in [0.2, 0.25) is 0 Å². The first-order valence-corrected chi connectivity index (χ1v) is 8.16. The molecule has 2 nitrogen and oxygen atoms in total. The summed E-state index contributed by atoms with van der Waals surface area (Å²) in [5, 5.41) is 13.3. The zero-order chi connectivity index (χ0) is 14.2. The molecule has 0 aromatic carbocycles. The number of unbranched alkanes of at least 4 members (excludes halogenated alkanes) is 1. The molecule has 0 amide bonds. The molecule has 0 radical (unpaired) electrons. The lowest BCUT2D eigenvalue weighted by molar-refractivity contribution is 0.372. The first kappa shape index (κ1) is 17.8. The van der Waals surface area contributed by atoms with Gasteiger partial charge in [-0.3, -0.25) is 5.32 Å². The fourth-order valence-electron chi connectivity index (χ4n) is 1.84. The smallest absolute Gasteiger partial charge is 0.104 e. The first-order valence-electron chi connectivity index (χ1n) is 7.11. The summed E-state index contributed by atoms with van der Waals surface area (Å²) in [6.45, 7) is 13.0. The second kappa shape index (κ2) is 8.82. The molecule has 0 aliphatic carbocycles. The van der Waals surface area contributed by atoms with E-state index in [0.717, 1.165) is 24.0 Å². The van der Waals surface area contributed by atoms with Crippen molar-refractivity contribution in [3.63, 3.8) is 0 Å². The van der Waals surface area contributed by atoms with Crippen LogP contribution in [-0.2, 0) is 0 Å². The van der Waals surface area contributed by atoms with Gasteiger partial charge < -0.3 is 0 Å². The maximum atomic E-state index is 9.23. The van der Waals surface area contributed by atoms with Gasteiger partial charge in [0, 0.05) is 11.3 Å². The lowest BCUT2D eigenvalue weighted by Crippen LogP contribution is -2.44. The van der Waals surface area contributed by atoms with Crippen molar-refractivity contribution in [3.05, 3.63) is 0 Å². The van der Waals surface area contributed by atoms with Crippen molar-refractivity contribution in [2.45, 2.75) is 77.6 Å². The van der Waals surface area contributed by atoms with Crippen LogP contribution in [0.25, 0.3) is 0 Å². The molecule has 2 unspecified atom stereocenters. The van der Waals surface area contributed by atoms with Gasteiger partial charge in [0.05, 0.1) is 6.07 Å². The van der Waals surface area contributed by atoms with Gasteiger partial charge in [0.1, 0.15) is 5.54 Å². The number of hydrogen-bond donors (Lipinski definition) is 1. The molecule has 18 heavy (non-hydrogen) atoms. The van der Waals surface area contributed by atoms with Gasteiger partial charge in [-0.2, -0.15) is 17.0 Å². The quantitative estimate of drug-likeness (QED) is 0.637. The summed E-state index contributed by atoms with van der Waals surface area (Å²) in [6, 6.07) is 2.78. The monoisotopic (exact) mass is 270 g/mol. The predicted molar refractivity (Wildman–Crippen MR) is 82.9 cm³/mol. The third-order valence-electron chi connectivity index (χ3n) is 3.24. The number of hydrogen-bond acceptors (Lipinski definition) is 3. The van der Waals surface area contributed by atoms with Gasteiger partial charge in [-0.25, -0.2) is 0 Å². The van der Waals surface area contributed by atoms with E-state index in [0.29, 0.717) is 6.04 Å². The molecule has 0 aliphatic rings. The van der Waals surface area contributed by atoms with Crippen LogP contribution in [0.2, 0.25) is 0 Å². The molecule has 0 fully saturated rings. The Kier molecular flexibility index (Phi) is 8.73. The fraction of sp³-hybridized carbons (Fsp3) is 0.933. The summed E-state index contributed by atoms with van der Waals surface area (Å²) in [5.74, 6) is 1.96.